The lowest BCUT2D eigenvalue weighted by atomic mass is 10.2. The van der Waals surface area contributed by atoms with Gasteiger partial charge in [-0.25, -0.2) is 0 Å². The zero-order valence-electron chi connectivity index (χ0n) is 14.4. The number of ether oxygens (including phenoxy) is 1. The summed E-state index contributed by atoms with van der Waals surface area (Å²) in [5.74, 6) is 0.733. The Morgan fingerprint density at radius 2 is 2.00 bits per heavy atom. The summed E-state index contributed by atoms with van der Waals surface area (Å²) >= 11 is 10.2. The van der Waals surface area contributed by atoms with Crippen molar-refractivity contribution in [3.63, 3.8) is 0 Å². The van der Waals surface area contributed by atoms with E-state index in [9.17, 15) is 4.79 Å². The lowest BCUT2D eigenvalue weighted by Gasteiger charge is -2.14. The third-order valence-corrected chi connectivity index (χ3v) is 5.75. The van der Waals surface area contributed by atoms with E-state index in [1.165, 1.54) is 11.8 Å². The van der Waals surface area contributed by atoms with Crippen LogP contribution in [0.15, 0.2) is 57.9 Å². The van der Waals surface area contributed by atoms with E-state index in [0.717, 1.165) is 27.9 Å². The van der Waals surface area contributed by atoms with Crippen molar-refractivity contribution in [2.75, 3.05) is 4.90 Å². The fraction of sp³-hybridized carbons (Fsp3) is 0.200. The Morgan fingerprint density at radius 3 is 2.65 bits per heavy atom. The number of amides is 1. The predicted octanol–water partition coefficient (Wildman–Crippen LogP) is 6.03. The summed E-state index contributed by atoms with van der Waals surface area (Å²) < 4.78 is 7.23. The Bertz CT molecular complexity index is 864. The number of nitrogens with zero attached hydrogens (tertiary/aromatic N) is 1. The van der Waals surface area contributed by atoms with Crippen molar-refractivity contribution in [1.82, 2.24) is 0 Å². The van der Waals surface area contributed by atoms with Crippen LogP contribution in [0.5, 0.6) is 5.75 Å². The van der Waals surface area contributed by atoms with E-state index in [1.54, 1.807) is 4.90 Å². The maximum absolute atomic E-state index is 12.8. The molecule has 6 heteroatoms. The Balaban J connectivity index is 1.79. The molecule has 2 aromatic rings. The maximum Gasteiger partial charge on any atom is 0.270 e. The van der Waals surface area contributed by atoms with Gasteiger partial charge in [0.2, 0.25) is 0 Å². The quantitative estimate of drug-likeness (QED) is 0.413. The molecule has 1 aliphatic rings. The van der Waals surface area contributed by atoms with Gasteiger partial charge in [0.15, 0.2) is 4.32 Å². The Kier molecular flexibility index (Phi) is 6.16. The highest BCUT2D eigenvalue weighted by Crippen LogP contribution is 2.36. The molecule has 0 unspecified atom stereocenters. The van der Waals surface area contributed by atoms with Gasteiger partial charge in [0.1, 0.15) is 5.75 Å². The van der Waals surface area contributed by atoms with Crippen molar-refractivity contribution < 1.29 is 9.53 Å². The van der Waals surface area contributed by atoms with E-state index in [4.69, 9.17) is 17.0 Å². The molecule has 0 aromatic heterocycles. The highest BCUT2D eigenvalue weighted by molar-refractivity contribution is 9.10. The average Bonchev–Trinajstić information content (AvgIpc) is 2.90. The number of rotatable bonds is 5. The monoisotopic (exact) mass is 447 g/mol. The van der Waals surface area contributed by atoms with Gasteiger partial charge >= 0.3 is 0 Å². The van der Waals surface area contributed by atoms with Crippen molar-refractivity contribution in [1.29, 1.82) is 0 Å². The predicted molar refractivity (Wildman–Crippen MR) is 117 cm³/mol. The molecule has 0 bridgehead atoms. The minimum Gasteiger partial charge on any atom is -0.491 e. The van der Waals surface area contributed by atoms with Gasteiger partial charge in [-0.05, 0) is 55.3 Å². The molecule has 1 amide bonds. The van der Waals surface area contributed by atoms with Crippen LogP contribution in [0.1, 0.15) is 25.8 Å². The Labute approximate surface area is 171 Å². The highest BCUT2D eigenvalue weighted by Gasteiger charge is 2.33. The topological polar surface area (TPSA) is 29.5 Å². The molecule has 26 heavy (non-hydrogen) atoms. The van der Waals surface area contributed by atoms with Crippen LogP contribution in [0.4, 0.5) is 5.69 Å². The molecule has 3 nitrogen and oxygen atoms in total. The molecule has 0 N–H and O–H groups in total. The van der Waals surface area contributed by atoms with Crippen LogP contribution in [0.3, 0.4) is 0 Å². The van der Waals surface area contributed by atoms with Gasteiger partial charge < -0.3 is 4.74 Å². The number of benzene rings is 2. The number of carbonyl (C=O) groups excluding carboxylic acids is 1. The lowest BCUT2D eigenvalue weighted by Crippen LogP contribution is -2.27. The normalized spacial score (nSPS) is 17.0. The van der Waals surface area contributed by atoms with Crippen LogP contribution in [-0.4, -0.2) is 16.3 Å². The van der Waals surface area contributed by atoms with E-state index in [0.29, 0.717) is 9.23 Å². The molecular weight excluding hydrogens is 430 g/mol. The smallest absolute Gasteiger partial charge is 0.270 e. The molecule has 1 fully saturated rings. The summed E-state index contributed by atoms with van der Waals surface area (Å²) in [6, 6.07) is 15.3. The van der Waals surface area contributed by atoms with Gasteiger partial charge in [0.05, 0.1) is 16.7 Å². The number of hydrogen-bond acceptors (Lipinski definition) is 4. The second kappa shape index (κ2) is 8.37. The minimum absolute atomic E-state index is 0.0990. The highest BCUT2D eigenvalue weighted by atomic mass is 79.9. The van der Waals surface area contributed by atoms with E-state index in [-0.39, 0.29) is 12.0 Å². The first-order valence-corrected chi connectivity index (χ1v) is 10.3. The molecule has 2 aromatic carbocycles. The molecule has 1 aliphatic heterocycles. The molecule has 3 rings (SSSR count). The third kappa shape index (κ3) is 4.37. The van der Waals surface area contributed by atoms with Crippen LogP contribution in [-0.2, 0) is 4.79 Å². The first kappa shape index (κ1) is 19.1. The minimum atomic E-state index is -0.0990. The number of thiocarbonyl (C=S) groups is 1. The van der Waals surface area contributed by atoms with Crippen molar-refractivity contribution in [3.8, 4) is 5.75 Å². The zero-order chi connectivity index (χ0) is 18.7. The molecule has 0 spiro atoms. The van der Waals surface area contributed by atoms with Gasteiger partial charge in [-0.2, -0.15) is 0 Å². The fourth-order valence-electron chi connectivity index (χ4n) is 2.42. The van der Waals surface area contributed by atoms with Crippen LogP contribution in [0.25, 0.3) is 6.08 Å². The van der Waals surface area contributed by atoms with Crippen LogP contribution in [0, 0.1) is 0 Å². The Morgan fingerprint density at radius 1 is 1.27 bits per heavy atom. The average molecular weight is 448 g/mol. The van der Waals surface area contributed by atoms with Gasteiger partial charge in [0, 0.05) is 4.47 Å². The second-order valence-electron chi connectivity index (χ2n) is 5.90. The first-order valence-electron chi connectivity index (χ1n) is 8.28. The summed E-state index contributed by atoms with van der Waals surface area (Å²) in [6.45, 7) is 4.13. The number of thioether (sulfide) groups is 1. The lowest BCUT2D eigenvalue weighted by molar-refractivity contribution is -0.113. The van der Waals surface area contributed by atoms with Crippen LogP contribution < -0.4 is 9.64 Å². The number of hydrogen-bond donors (Lipinski definition) is 0. The number of halogens is 1. The molecule has 0 saturated carbocycles. The van der Waals surface area contributed by atoms with E-state index >= 15 is 0 Å². The number of anilines is 1. The largest absolute Gasteiger partial charge is 0.491 e. The van der Waals surface area contributed by atoms with Gasteiger partial charge in [-0.15, -0.1) is 0 Å². The summed E-state index contributed by atoms with van der Waals surface area (Å²) in [6.07, 6.45) is 3.01. The van der Waals surface area contributed by atoms with Gasteiger partial charge in [0.25, 0.3) is 5.91 Å². The van der Waals surface area contributed by atoms with Gasteiger partial charge in [-0.1, -0.05) is 65.0 Å². The standard InChI is InChI=1S/C20H18BrNO2S2/c1-3-13(2)24-17-9-7-14(8-10-17)11-18-19(23)22(20(25)26-18)16-6-4-5-15(21)12-16/h4-13H,3H2,1-2H3/b18-11-/t13-/m0/s1. The van der Waals surface area contributed by atoms with Crippen molar-refractivity contribution in [2.24, 2.45) is 0 Å². The van der Waals surface area contributed by atoms with Crippen LogP contribution >= 0.6 is 39.9 Å². The van der Waals surface area contributed by atoms with Crippen molar-refractivity contribution in [2.45, 2.75) is 26.4 Å². The molecule has 0 aliphatic carbocycles. The van der Waals surface area contributed by atoms with Crippen LogP contribution in [0.2, 0.25) is 0 Å². The molecule has 1 saturated heterocycles. The van der Waals surface area contributed by atoms with E-state index < -0.39 is 0 Å². The van der Waals surface area contributed by atoms with Crippen molar-refractivity contribution >= 4 is 61.9 Å². The molecule has 0 radical (unpaired) electrons. The summed E-state index contributed by atoms with van der Waals surface area (Å²) in [4.78, 5) is 15.0. The molecular formula is C20H18BrNO2S2. The third-order valence-electron chi connectivity index (χ3n) is 3.95. The number of carbonyl (C=O) groups is 1. The SMILES string of the molecule is CC[C@H](C)Oc1ccc(/C=C2\SC(=S)N(c3cccc(Br)c3)C2=O)cc1. The van der Waals surface area contributed by atoms with E-state index in [2.05, 4.69) is 22.9 Å². The fourth-order valence-corrected chi connectivity index (χ4v) is 4.10. The maximum atomic E-state index is 12.8. The summed E-state index contributed by atoms with van der Waals surface area (Å²) in [7, 11) is 0. The zero-order valence-corrected chi connectivity index (χ0v) is 17.7. The molecule has 134 valence electrons. The molecule has 1 heterocycles. The van der Waals surface area contributed by atoms with Gasteiger partial charge in [-0.3, -0.25) is 9.69 Å². The first-order chi connectivity index (χ1) is 12.5. The summed E-state index contributed by atoms with van der Waals surface area (Å²) in [5, 5.41) is 0. The molecule has 1 atom stereocenters. The van der Waals surface area contributed by atoms with Crippen molar-refractivity contribution in [3.05, 3.63) is 63.5 Å². The second-order valence-corrected chi connectivity index (χ2v) is 8.49. The van der Waals surface area contributed by atoms with E-state index in [1.807, 2.05) is 61.5 Å². The summed E-state index contributed by atoms with van der Waals surface area (Å²) in [5.41, 5.74) is 1.71. The Hall–Kier alpha value is -1.63.